The third-order valence-electron chi connectivity index (χ3n) is 4.09. The quantitative estimate of drug-likeness (QED) is 0.367. The van der Waals surface area contributed by atoms with Crippen LogP contribution in [0.15, 0.2) is 30.3 Å². The SMILES string of the molecule is C[C@@H](OC(=O)CCCC[C@@H]1CCSS1)C(=O)NC(=O)NCc1ccccc1. The van der Waals surface area contributed by atoms with Crippen molar-refractivity contribution in [1.29, 1.82) is 0 Å². The summed E-state index contributed by atoms with van der Waals surface area (Å²) in [6.07, 6.45) is 3.39. The molecule has 0 aromatic heterocycles. The Kier molecular flexibility index (Phi) is 9.55. The van der Waals surface area contributed by atoms with Crippen LogP contribution < -0.4 is 10.6 Å². The standard InChI is InChI=1S/C19H26N2O4S2/c1-14(25-17(22)10-6-5-9-16-11-12-26-27-16)18(23)21-19(24)20-13-15-7-3-2-4-8-15/h2-4,7-8,14,16H,5-6,9-13H2,1H3,(H2,20,21,23,24)/t14-,16-/m1/s1. The van der Waals surface area contributed by atoms with Crippen molar-refractivity contribution in [2.24, 2.45) is 0 Å². The zero-order valence-electron chi connectivity index (χ0n) is 15.4. The topological polar surface area (TPSA) is 84.5 Å². The van der Waals surface area contributed by atoms with Crippen LogP contribution in [0.4, 0.5) is 4.79 Å². The lowest BCUT2D eigenvalue weighted by Crippen LogP contribution is -2.44. The molecule has 1 aliphatic heterocycles. The predicted molar refractivity (Wildman–Crippen MR) is 109 cm³/mol. The first-order valence-corrected chi connectivity index (χ1v) is 11.5. The number of rotatable bonds is 9. The Balaban J connectivity index is 1.57. The molecule has 6 nitrogen and oxygen atoms in total. The van der Waals surface area contributed by atoms with Gasteiger partial charge in [0.25, 0.3) is 5.91 Å². The van der Waals surface area contributed by atoms with Crippen LogP contribution in [0, 0.1) is 0 Å². The van der Waals surface area contributed by atoms with E-state index < -0.39 is 24.0 Å². The van der Waals surface area contributed by atoms with Gasteiger partial charge in [-0.2, -0.15) is 0 Å². The lowest BCUT2D eigenvalue weighted by molar-refractivity contribution is -0.154. The van der Waals surface area contributed by atoms with E-state index in [2.05, 4.69) is 10.6 Å². The molecular weight excluding hydrogens is 384 g/mol. The number of benzene rings is 1. The third kappa shape index (κ3) is 8.71. The van der Waals surface area contributed by atoms with Gasteiger partial charge in [-0.1, -0.05) is 58.3 Å². The van der Waals surface area contributed by atoms with Crippen LogP contribution in [0.1, 0.15) is 44.6 Å². The maximum Gasteiger partial charge on any atom is 0.321 e. The summed E-state index contributed by atoms with van der Waals surface area (Å²) in [7, 11) is 3.85. The van der Waals surface area contributed by atoms with Crippen LogP contribution in [0.3, 0.4) is 0 Å². The summed E-state index contributed by atoms with van der Waals surface area (Å²) in [4.78, 5) is 35.6. The molecule has 0 spiro atoms. The van der Waals surface area contributed by atoms with Gasteiger partial charge in [0, 0.05) is 24.0 Å². The number of carbonyl (C=O) groups excluding carboxylic acids is 3. The van der Waals surface area contributed by atoms with Crippen LogP contribution in [-0.4, -0.2) is 35.0 Å². The van der Waals surface area contributed by atoms with Crippen LogP contribution >= 0.6 is 21.6 Å². The van der Waals surface area contributed by atoms with Crippen molar-refractivity contribution in [3.05, 3.63) is 35.9 Å². The molecule has 1 heterocycles. The summed E-state index contributed by atoms with van der Waals surface area (Å²) in [5.74, 6) is 0.173. The van der Waals surface area contributed by atoms with Gasteiger partial charge in [0.1, 0.15) is 0 Å². The number of ether oxygens (including phenoxy) is 1. The van der Waals surface area contributed by atoms with E-state index in [0.717, 1.165) is 24.8 Å². The van der Waals surface area contributed by atoms with E-state index in [9.17, 15) is 14.4 Å². The molecule has 0 aliphatic carbocycles. The second-order valence-electron chi connectivity index (χ2n) is 6.36. The molecule has 27 heavy (non-hydrogen) atoms. The molecule has 2 N–H and O–H groups in total. The van der Waals surface area contributed by atoms with Gasteiger partial charge in [0.05, 0.1) is 0 Å². The number of imide groups is 1. The maximum atomic E-state index is 11.9. The van der Waals surface area contributed by atoms with Crippen molar-refractivity contribution in [3.8, 4) is 0 Å². The Morgan fingerprint density at radius 2 is 2.00 bits per heavy atom. The average Bonchev–Trinajstić information content (AvgIpc) is 3.18. The highest BCUT2D eigenvalue weighted by molar-refractivity contribution is 8.77. The zero-order chi connectivity index (χ0) is 19.5. The summed E-state index contributed by atoms with van der Waals surface area (Å²) < 4.78 is 5.11. The lowest BCUT2D eigenvalue weighted by Gasteiger charge is -2.13. The molecule has 0 saturated carbocycles. The summed E-state index contributed by atoms with van der Waals surface area (Å²) in [6, 6.07) is 8.75. The zero-order valence-corrected chi connectivity index (χ0v) is 17.1. The van der Waals surface area contributed by atoms with Gasteiger partial charge in [-0.3, -0.25) is 14.9 Å². The van der Waals surface area contributed by atoms with Crippen molar-refractivity contribution in [2.75, 3.05) is 5.75 Å². The molecule has 8 heteroatoms. The molecule has 1 aromatic rings. The van der Waals surface area contributed by atoms with Gasteiger partial charge in [-0.15, -0.1) is 0 Å². The molecule has 3 amide bonds. The molecular formula is C19H26N2O4S2. The Morgan fingerprint density at radius 3 is 2.70 bits per heavy atom. The highest BCUT2D eigenvalue weighted by atomic mass is 33.1. The molecule has 1 aromatic carbocycles. The fraction of sp³-hybridized carbons (Fsp3) is 0.526. The van der Waals surface area contributed by atoms with E-state index in [4.69, 9.17) is 4.74 Å². The van der Waals surface area contributed by atoms with Crippen molar-refractivity contribution in [1.82, 2.24) is 10.6 Å². The van der Waals surface area contributed by atoms with Crippen molar-refractivity contribution in [3.63, 3.8) is 0 Å². The van der Waals surface area contributed by atoms with Crippen LogP contribution in [0.2, 0.25) is 0 Å². The first-order valence-electron chi connectivity index (χ1n) is 9.15. The Bertz CT molecular complexity index is 621. The fourth-order valence-electron chi connectivity index (χ4n) is 2.55. The Labute approximate surface area is 168 Å². The minimum atomic E-state index is -0.998. The molecule has 2 atom stereocenters. The van der Waals surface area contributed by atoms with Crippen molar-refractivity contribution >= 4 is 39.5 Å². The van der Waals surface area contributed by atoms with Gasteiger partial charge in [-0.25, -0.2) is 4.79 Å². The van der Waals surface area contributed by atoms with E-state index in [1.807, 2.05) is 51.9 Å². The van der Waals surface area contributed by atoms with Crippen LogP contribution in [0.25, 0.3) is 0 Å². The molecule has 1 fully saturated rings. The molecule has 1 aliphatic rings. The number of unbranched alkanes of at least 4 members (excludes halogenated alkanes) is 1. The number of amides is 3. The van der Waals surface area contributed by atoms with Crippen LogP contribution in [0.5, 0.6) is 0 Å². The minimum Gasteiger partial charge on any atom is -0.453 e. The molecule has 1 saturated heterocycles. The maximum absolute atomic E-state index is 11.9. The van der Waals surface area contributed by atoms with E-state index in [0.29, 0.717) is 18.2 Å². The first kappa shape index (κ1) is 21.6. The third-order valence-corrected chi connectivity index (χ3v) is 7.10. The van der Waals surface area contributed by atoms with Gasteiger partial charge < -0.3 is 10.1 Å². The van der Waals surface area contributed by atoms with E-state index in [1.165, 1.54) is 19.1 Å². The average molecular weight is 411 g/mol. The smallest absolute Gasteiger partial charge is 0.321 e. The number of nitrogens with one attached hydrogen (secondary N) is 2. The second kappa shape index (κ2) is 11.9. The summed E-state index contributed by atoms with van der Waals surface area (Å²) in [5.41, 5.74) is 0.925. The largest absolute Gasteiger partial charge is 0.453 e. The van der Waals surface area contributed by atoms with Gasteiger partial charge >= 0.3 is 12.0 Å². The van der Waals surface area contributed by atoms with Gasteiger partial charge in [-0.05, 0) is 31.7 Å². The lowest BCUT2D eigenvalue weighted by atomic mass is 10.1. The minimum absolute atomic E-state index is 0.294. The van der Waals surface area contributed by atoms with Gasteiger partial charge in [0.15, 0.2) is 6.10 Å². The number of esters is 1. The number of carbonyl (C=O) groups is 3. The van der Waals surface area contributed by atoms with Crippen molar-refractivity contribution < 1.29 is 19.1 Å². The normalized spacial score (nSPS) is 17.1. The number of hydrogen-bond acceptors (Lipinski definition) is 6. The number of hydrogen-bond donors (Lipinski definition) is 2. The van der Waals surface area contributed by atoms with Gasteiger partial charge in [0.2, 0.25) is 0 Å². The molecule has 0 radical (unpaired) electrons. The molecule has 0 bridgehead atoms. The first-order chi connectivity index (χ1) is 13.0. The van der Waals surface area contributed by atoms with Crippen molar-refractivity contribution in [2.45, 2.75) is 56.9 Å². The predicted octanol–water partition coefficient (Wildman–Crippen LogP) is 3.66. The molecule has 2 rings (SSSR count). The van der Waals surface area contributed by atoms with Crippen LogP contribution in [-0.2, 0) is 20.9 Å². The summed E-state index contributed by atoms with van der Waals surface area (Å²) >= 11 is 0. The second-order valence-corrected chi connectivity index (χ2v) is 9.15. The number of urea groups is 1. The molecule has 148 valence electrons. The monoisotopic (exact) mass is 410 g/mol. The Morgan fingerprint density at radius 1 is 1.22 bits per heavy atom. The van der Waals surface area contributed by atoms with E-state index in [1.54, 1.807) is 0 Å². The highest BCUT2D eigenvalue weighted by Gasteiger charge is 2.20. The fourth-order valence-corrected chi connectivity index (χ4v) is 5.58. The summed E-state index contributed by atoms with van der Waals surface area (Å²) in [5, 5.41) is 5.48. The highest BCUT2D eigenvalue weighted by Crippen LogP contribution is 2.39. The van der Waals surface area contributed by atoms with E-state index >= 15 is 0 Å². The molecule has 0 unspecified atom stereocenters. The summed E-state index contributed by atoms with van der Waals surface area (Å²) in [6.45, 7) is 1.77. The van der Waals surface area contributed by atoms with E-state index in [-0.39, 0.29) is 0 Å². The Hall–Kier alpha value is -1.67.